The third-order valence-corrected chi connectivity index (χ3v) is 4.28. The summed E-state index contributed by atoms with van der Waals surface area (Å²) in [6.45, 7) is 3.45. The molecule has 2 aromatic rings. The predicted octanol–water partition coefficient (Wildman–Crippen LogP) is 4.11. The quantitative estimate of drug-likeness (QED) is 0.905. The average molecular weight is 269 g/mol. The predicted molar refractivity (Wildman–Crippen MR) is 83.2 cm³/mol. The number of hydrogen-bond donors (Lipinski definition) is 1. The van der Waals surface area contributed by atoms with E-state index in [1.54, 1.807) is 0 Å². The Kier molecular flexibility index (Phi) is 4.05. The molecule has 0 amide bonds. The lowest BCUT2D eigenvalue weighted by molar-refractivity contribution is 0.293. The van der Waals surface area contributed by atoms with E-state index in [-0.39, 0.29) is 0 Å². The molecule has 2 unspecified atom stereocenters. The van der Waals surface area contributed by atoms with Crippen molar-refractivity contribution < 1.29 is 0 Å². The number of aromatic nitrogens is 2. The molecule has 0 saturated heterocycles. The smallest absolute Gasteiger partial charge is 0.0876 e. The van der Waals surface area contributed by atoms with Crippen molar-refractivity contribution in [2.24, 2.45) is 11.8 Å². The minimum absolute atomic E-state index is 0.810. The van der Waals surface area contributed by atoms with Gasteiger partial charge in [0.25, 0.3) is 0 Å². The van der Waals surface area contributed by atoms with E-state index in [1.807, 2.05) is 23.1 Å². The zero-order chi connectivity index (χ0) is 13.8. The van der Waals surface area contributed by atoms with Crippen molar-refractivity contribution in [3.63, 3.8) is 0 Å². The molecule has 1 aromatic heterocycles. The van der Waals surface area contributed by atoms with Crippen LogP contribution in [0.5, 0.6) is 0 Å². The second-order valence-corrected chi connectivity index (χ2v) is 5.99. The molecular weight excluding hydrogens is 246 g/mol. The first-order valence-electron chi connectivity index (χ1n) is 7.66. The van der Waals surface area contributed by atoms with Gasteiger partial charge in [-0.05, 0) is 42.9 Å². The third-order valence-electron chi connectivity index (χ3n) is 4.28. The van der Waals surface area contributed by atoms with Gasteiger partial charge in [-0.25, -0.2) is 4.68 Å². The number of hydrogen-bond acceptors (Lipinski definition) is 2. The number of anilines is 1. The molecule has 3 nitrogen and oxygen atoms in total. The Hall–Kier alpha value is -1.77. The molecule has 20 heavy (non-hydrogen) atoms. The minimum atomic E-state index is 0.810. The van der Waals surface area contributed by atoms with Crippen LogP contribution >= 0.6 is 0 Å². The van der Waals surface area contributed by atoms with Gasteiger partial charge in [0, 0.05) is 18.9 Å². The van der Waals surface area contributed by atoms with Crippen LogP contribution < -0.4 is 5.32 Å². The first kappa shape index (κ1) is 13.2. The third kappa shape index (κ3) is 3.03. The first-order valence-corrected chi connectivity index (χ1v) is 7.66. The van der Waals surface area contributed by atoms with Crippen LogP contribution in [-0.4, -0.2) is 16.3 Å². The van der Waals surface area contributed by atoms with Crippen LogP contribution in [0.15, 0.2) is 42.7 Å². The van der Waals surface area contributed by atoms with E-state index in [9.17, 15) is 0 Å². The van der Waals surface area contributed by atoms with Crippen molar-refractivity contribution in [1.29, 1.82) is 0 Å². The van der Waals surface area contributed by atoms with E-state index >= 15 is 0 Å². The van der Waals surface area contributed by atoms with Crippen LogP contribution in [0.3, 0.4) is 0 Å². The highest BCUT2D eigenvalue weighted by molar-refractivity contribution is 5.60. The fraction of sp³-hybridized carbons (Fsp3) is 0.471. The molecule has 2 atom stereocenters. The molecule has 1 N–H and O–H groups in total. The largest absolute Gasteiger partial charge is 0.383 e. The molecule has 0 aliphatic heterocycles. The molecule has 1 aliphatic rings. The van der Waals surface area contributed by atoms with Gasteiger partial charge in [0.2, 0.25) is 0 Å². The lowest BCUT2D eigenvalue weighted by Crippen LogP contribution is -2.21. The molecule has 0 bridgehead atoms. The van der Waals surface area contributed by atoms with Gasteiger partial charge in [-0.3, -0.25) is 0 Å². The van der Waals surface area contributed by atoms with Crippen molar-refractivity contribution in [3.8, 4) is 5.69 Å². The van der Waals surface area contributed by atoms with Gasteiger partial charge in [0.05, 0.1) is 11.4 Å². The van der Waals surface area contributed by atoms with Gasteiger partial charge >= 0.3 is 0 Å². The van der Waals surface area contributed by atoms with Gasteiger partial charge < -0.3 is 5.32 Å². The van der Waals surface area contributed by atoms with E-state index in [2.05, 4.69) is 41.6 Å². The summed E-state index contributed by atoms with van der Waals surface area (Å²) in [4.78, 5) is 0. The van der Waals surface area contributed by atoms with Crippen molar-refractivity contribution in [2.75, 3.05) is 11.9 Å². The Bertz CT molecular complexity index is 533. The molecule has 106 valence electrons. The Morgan fingerprint density at radius 3 is 2.95 bits per heavy atom. The lowest BCUT2D eigenvalue weighted by Gasteiger charge is -2.27. The molecule has 1 heterocycles. The summed E-state index contributed by atoms with van der Waals surface area (Å²) in [5.41, 5.74) is 2.30. The van der Waals surface area contributed by atoms with E-state index in [0.29, 0.717) is 0 Å². The standard InChI is InChI=1S/C17H23N3/c1-14-6-4-7-15(12-14)13-18-16-8-2-3-9-17(16)20-11-5-10-19-20/h2-3,5,8-11,14-15,18H,4,6-7,12-13H2,1H3. The Morgan fingerprint density at radius 2 is 2.15 bits per heavy atom. The Balaban J connectivity index is 1.68. The van der Waals surface area contributed by atoms with Gasteiger partial charge in [-0.15, -0.1) is 0 Å². The maximum absolute atomic E-state index is 4.33. The second kappa shape index (κ2) is 6.12. The van der Waals surface area contributed by atoms with Gasteiger partial charge in [0.15, 0.2) is 0 Å². The molecule has 3 heteroatoms. The van der Waals surface area contributed by atoms with Crippen LogP contribution in [0, 0.1) is 11.8 Å². The van der Waals surface area contributed by atoms with Gasteiger partial charge in [-0.1, -0.05) is 31.9 Å². The molecule has 1 fully saturated rings. The summed E-state index contributed by atoms with van der Waals surface area (Å²) >= 11 is 0. The number of rotatable bonds is 4. The molecule has 0 radical (unpaired) electrons. The van der Waals surface area contributed by atoms with Crippen LogP contribution in [0.25, 0.3) is 5.69 Å². The summed E-state index contributed by atoms with van der Waals surface area (Å²) in [5.74, 6) is 1.70. The molecular formula is C17H23N3. The van der Waals surface area contributed by atoms with Crippen LogP contribution in [0.2, 0.25) is 0 Å². The molecule has 1 saturated carbocycles. The normalized spacial score (nSPS) is 22.6. The van der Waals surface area contributed by atoms with Crippen molar-refractivity contribution in [3.05, 3.63) is 42.7 Å². The fourth-order valence-corrected chi connectivity index (χ4v) is 3.23. The summed E-state index contributed by atoms with van der Waals surface area (Å²) in [7, 11) is 0. The van der Waals surface area contributed by atoms with E-state index in [4.69, 9.17) is 0 Å². The minimum Gasteiger partial charge on any atom is -0.383 e. The van der Waals surface area contributed by atoms with E-state index in [0.717, 1.165) is 24.1 Å². The van der Waals surface area contributed by atoms with Crippen molar-refractivity contribution in [2.45, 2.75) is 32.6 Å². The zero-order valence-corrected chi connectivity index (χ0v) is 12.1. The highest BCUT2D eigenvalue weighted by Crippen LogP contribution is 2.29. The first-order chi connectivity index (χ1) is 9.83. The second-order valence-electron chi connectivity index (χ2n) is 5.99. The molecule has 3 rings (SSSR count). The summed E-state index contributed by atoms with van der Waals surface area (Å²) < 4.78 is 1.92. The number of nitrogens with one attached hydrogen (secondary N) is 1. The average Bonchev–Trinajstić information content (AvgIpc) is 3.00. The zero-order valence-electron chi connectivity index (χ0n) is 12.1. The highest BCUT2D eigenvalue weighted by Gasteiger charge is 2.18. The summed E-state index contributed by atoms with van der Waals surface area (Å²) in [6.07, 6.45) is 9.32. The van der Waals surface area contributed by atoms with Crippen molar-refractivity contribution in [1.82, 2.24) is 9.78 Å². The van der Waals surface area contributed by atoms with E-state index < -0.39 is 0 Å². The number of nitrogens with zero attached hydrogens (tertiary/aromatic N) is 2. The van der Waals surface area contributed by atoms with Crippen LogP contribution in [-0.2, 0) is 0 Å². The van der Waals surface area contributed by atoms with Gasteiger partial charge in [0.1, 0.15) is 0 Å². The van der Waals surface area contributed by atoms with Crippen molar-refractivity contribution >= 4 is 5.69 Å². The Morgan fingerprint density at radius 1 is 1.25 bits per heavy atom. The van der Waals surface area contributed by atoms with Crippen LogP contribution in [0.1, 0.15) is 32.6 Å². The lowest BCUT2D eigenvalue weighted by atomic mass is 9.82. The Labute approximate surface area is 121 Å². The van der Waals surface area contributed by atoms with E-state index in [1.165, 1.54) is 31.4 Å². The van der Waals surface area contributed by atoms with Crippen LogP contribution in [0.4, 0.5) is 5.69 Å². The molecule has 1 aliphatic carbocycles. The number of benzene rings is 1. The topological polar surface area (TPSA) is 29.9 Å². The maximum Gasteiger partial charge on any atom is 0.0876 e. The maximum atomic E-state index is 4.33. The fourth-order valence-electron chi connectivity index (χ4n) is 3.23. The molecule has 1 aromatic carbocycles. The highest BCUT2D eigenvalue weighted by atomic mass is 15.3. The molecule has 0 spiro atoms. The summed E-state index contributed by atoms with van der Waals surface area (Å²) in [5, 5.41) is 7.96. The van der Waals surface area contributed by atoms with Gasteiger partial charge in [-0.2, -0.15) is 5.10 Å². The summed E-state index contributed by atoms with van der Waals surface area (Å²) in [6, 6.07) is 10.4. The SMILES string of the molecule is CC1CCCC(CNc2ccccc2-n2cccn2)C1. The number of para-hydroxylation sites is 2. The monoisotopic (exact) mass is 269 g/mol.